The molecule has 4 aromatic rings. The number of Topliss-reactive ketones (excluding diaryl/α,β-unsaturated/α-hetero) is 1. The zero-order chi connectivity index (χ0) is 53.3. The second-order valence-electron chi connectivity index (χ2n) is 18.7. The van der Waals surface area contributed by atoms with Gasteiger partial charge in [-0.3, -0.25) is 15.4 Å². The zero-order valence-electron chi connectivity index (χ0n) is 39.8. The minimum absolute atomic E-state index is 0.00202. The molecule has 12 nitrogen and oxygen atoms in total. The van der Waals surface area contributed by atoms with E-state index in [9.17, 15) is 63.1 Å². The molecular formula is C49H55F10N5O7. The van der Waals surface area contributed by atoms with Gasteiger partial charge in [-0.05, 0) is 108 Å². The lowest BCUT2D eigenvalue weighted by molar-refractivity contribution is -0.158. The molecule has 2 heterocycles. The minimum atomic E-state index is -4.47. The molecule has 4 N–H and O–H groups in total. The number of ether oxygens (including phenoxy) is 3. The summed E-state index contributed by atoms with van der Waals surface area (Å²) in [5.41, 5.74) is 0.758. The first-order valence-electron chi connectivity index (χ1n) is 21.9. The van der Waals surface area contributed by atoms with Gasteiger partial charge in [-0.15, -0.1) is 0 Å². The Kier molecular flexibility index (Phi) is 18.3. The number of carbonyl (C=O) groups excluding carboxylic acids is 4. The summed E-state index contributed by atoms with van der Waals surface area (Å²) in [7, 11) is 0. The van der Waals surface area contributed by atoms with Gasteiger partial charge in [0.1, 0.15) is 40.0 Å². The number of nitrogens with zero attached hydrogens (tertiary/aromatic N) is 2. The van der Waals surface area contributed by atoms with Gasteiger partial charge in [0.25, 0.3) is 0 Å². The number of ketones is 1. The number of alkyl halides is 6. The van der Waals surface area contributed by atoms with Crippen LogP contribution in [0.15, 0.2) is 84.9 Å². The Hall–Kier alpha value is -6.42. The number of benzene rings is 4. The summed E-state index contributed by atoms with van der Waals surface area (Å²) in [5, 5.41) is 6.06. The van der Waals surface area contributed by atoms with Crippen molar-refractivity contribution in [1.82, 2.24) is 20.4 Å². The van der Waals surface area contributed by atoms with E-state index < -0.39 is 93.0 Å². The molecule has 0 bridgehead atoms. The number of esters is 1. The highest BCUT2D eigenvalue weighted by Gasteiger charge is 2.54. The Morgan fingerprint density at radius 1 is 0.592 bits per heavy atom. The lowest BCUT2D eigenvalue weighted by Gasteiger charge is -2.49. The molecule has 6 rings (SSSR count). The van der Waals surface area contributed by atoms with E-state index in [0.717, 1.165) is 42.5 Å². The number of likely N-dealkylation sites (tertiary alicyclic amines) is 2. The Labute approximate surface area is 403 Å². The third-order valence-corrected chi connectivity index (χ3v) is 10.5. The number of halogens is 10. The van der Waals surface area contributed by atoms with Crippen molar-refractivity contribution in [3.63, 3.8) is 0 Å². The lowest BCUT2D eigenvalue weighted by atomic mass is 9.82. The third kappa shape index (κ3) is 16.6. The number of hydrogen-bond donors (Lipinski definition) is 3. The summed E-state index contributed by atoms with van der Waals surface area (Å²) in [6, 6.07) is 15.1. The highest BCUT2D eigenvalue weighted by atomic mass is 19.4. The highest BCUT2D eigenvalue weighted by molar-refractivity contribution is 5.93. The molecule has 2 fully saturated rings. The molecular weight excluding hydrogens is 961 g/mol. The van der Waals surface area contributed by atoms with Gasteiger partial charge < -0.3 is 29.7 Å². The van der Waals surface area contributed by atoms with Crippen LogP contribution in [0.5, 0.6) is 0 Å². The van der Waals surface area contributed by atoms with Gasteiger partial charge in [0, 0.05) is 31.6 Å². The molecule has 71 heavy (non-hydrogen) atoms. The van der Waals surface area contributed by atoms with E-state index in [2.05, 4.69) is 10.6 Å². The van der Waals surface area contributed by atoms with Crippen LogP contribution in [0.25, 0.3) is 0 Å². The first-order valence-corrected chi connectivity index (χ1v) is 21.9. The average Bonchev–Trinajstić information content (AvgIpc) is 3.21. The number of hydrogen-bond acceptors (Lipinski definition) is 10. The fourth-order valence-corrected chi connectivity index (χ4v) is 6.77. The molecule has 0 atom stereocenters. The maximum Gasteiger partial charge on any atom is 0.416 e. The normalized spacial score (nSPS) is 15.1. The van der Waals surface area contributed by atoms with Crippen molar-refractivity contribution in [2.75, 3.05) is 38.5 Å². The fraction of sp³-hybridized carbons (Fsp3) is 0.429. The van der Waals surface area contributed by atoms with Crippen molar-refractivity contribution >= 4 is 29.6 Å². The van der Waals surface area contributed by atoms with Crippen LogP contribution in [0.3, 0.4) is 0 Å². The molecule has 0 unspecified atom stereocenters. The van der Waals surface area contributed by atoms with E-state index in [1.54, 1.807) is 48.5 Å². The SMILES string of the molecule is CC(C)(C)OC(=O)N1CC(NCc2ccc(C(F)(F)F)cc2)(C(=O)Cc2ccc(F)cc2F)C1.CCOC(=O)C1(NCc2ccc(C(F)(F)F)cc2)CN(C(=O)OC(C)(C)C)C1.Nc1ccc(F)cc1F. The van der Waals surface area contributed by atoms with Gasteiger partial charge >= 0.3 is 30.5 Å². The van der Waals surface area contributed by atoms with Crippen molar-refractivity contribution in [3.05, 3.63) is 136 Å². The molecule has 2 aliphatic heterocycles. The van der Waals surface area contributed by atoms with Crippen LogP contribution in [0.4, 0.5) is 59.2 Å². The van der Waals surface area contributed by atoms with E-state index in [1.807, 2.05) is 0 Å². The molecule has 0 aliphatic carbocycles. The molecule has 2 amide bonds. The summed E-state index contributed by atoms with van der Waals surface area (Å²) in [6.45, 7) is 12.3. The first-order chi connectivity index (χ1) is 32.7. The molecule has 0 spiro atoms. The molecule has 22 heteroatoms. The number of nitrogens with one attached hydrogen (secondary N) is 2. The molecule has 0 aromatic heterocycles. The van der Waals surface area contributed by atoms with E-state index in [-0.39, 0.29) is 63.5 Å². The third-order valence-electron chi connectivity index (χ3n) is 10.5. The van der Waals surface area contributed by atoms with Crippen LogP contribution in [0.1, 0.15) is 76.3 Å². The largest absolute Gasteiger partial charge is 0.465 e. The number of anilines is 1. The lowest BCUT2D eigenvalue weighted by Crippen LogP contribution is -2.74. The molecule has 2 saturated heterocycles. The number of rotatable bonds is 11. The van der Waals surface area contributed by atoms with E-state index in [1.165, 1.54) is 46.2 Å². The summed E-state index contributed by atoms with van der Waals surface area (Å²) in [4.78, 5) is 52.7. The number of amides is 2. The summed E-state index contributed by atoms with van der Waals surface area (Å²) in [6.07, 6.45) is -10.4. The summed E-state index contributed by atoms with van der Waals surface area (Å²) < 4.78 is 144. The van der Waals surface area contributed by atoms with Gasteiger partial charge in [-0.25, -0.2) is 31.9 Å². The monoisotopic (exact) mass is 1020 g/mol. The van der Waals surface area contributed by atoms with Gasteiger partial charge in [0.05, 0.1) is 49.6 Å². The van der Waals surface area contributed by atoms with E-state index in [4.69, 9.17) is 19.9 Å². The first kappa shape index (κ1) is 57.2. The second kappa shape index (κ2) is 22.8. The van der Waals surface area contributed by atoms with Crippen molar-refractivity contribution in [3.8, 4) is 0 Å². The number of carbonyl (C=O) groups is 4. The molecule has 0 saturated carbocycles. The predicted molar refractivity (Wildman–Crippen MR) is 240 cm³/mol. The maximum atomic E-state index is 14.1. The molecule has 388 valence electrons. The fourth-order valence-electron chi connectivity index (χ4n) is 6.77. The standard InChI is InChI=1S/C24H25F5N2O3.C19H25F3N2O4.C6H5F2N/c1-22(2,3)34-21(33)31-13-23(14-31,20(32)10-16-6-9-18(25)11-19(16)26)30-12-15-4-7-17(8-5-15)24(27,28)29;1-5-27-15(25)18(11-24(12-18)16(26)28-17(2,3)4)23-10-13-6-8-14(9-7-13)19(20,21)22;7-4-1-2-6(9)5(8)3-4/h4-9,11,30H,10,12-14H2,1-3H3;6-9,23H,5,10-12H2,1-4H3;1-3H,9H2. The smallest absolute Gasteiger partial charge is 0.416 e. The van der Waals surface area contributed by atoms with Crippen molar-refractivity contribution in [1.29, 1.82) is 0 Å². The summed E-state index contributed by atoms with van der Waals surface area (Å²) in [5.74, 6) is -3.92. The quantitative estimate of drug-likeness (QED) is 0.0573. The maximum absolute atomic E-state index is 14.1. The minimum Gasteiger partial charge on any atom is -0.465 e. The Balaban J connectivity index is 0.000000265. The summed E-state index contributed by atoms with van der Waals surface area (Å²) >= 11 is 0. The average molecular weight is 1020 g/mol. The van der Waals surface area contributed by atoms with Crippen LogP contribution in [-0.4, -0.2) is 88.8 Å². The highest BCUT2D eigenvalue weighted by Crippen LogP contribution is 2.32. The van der Waals surface area contributed by atoms with E-state index >= 15 is 0 Å². The Morgan fingerprint density at radius 2 is 0.986 bits per heavy atom. The predicted octanol–water partition coefficient (Wildman–Crippen LogP) is 9.77. The van der Waals surface area contributed by atoms with Crippen LogP contribution >= 0.6 is 0 Å². The second-order valence-corrected chi connectivity index (χ2v) is 18.7. The van der Waals surface area contributed by atoms with Gasteiger partial charge in [-0.1, -0.05) is 30.3 Å². The molecule has 0 radical (unpaired) electrons. The molecule has 4 aromatic carbocycles. The Morgan fingerprint density at radius 3 is 1.35 bits per heavy atom. The molecule has 2 aliphatic rings. The number of nitrogens with two attached hydrogens (primary N) is 1. The van der Waals surface area contributed by atoms with Crippen LogP contribution < -0.4 is 16.4 Å². The topological polar surface area (TPSA) is 153 Å². The number of nitrogen functional groups attached to an aromatic ring is 1. The van der Waals surface area contributed by atoms with Crippen LogP contribution in [0.2, 0.25) is 0 Å². The zero-order valence-corrected chi connectivity index (χ0v) is 39.8. The van der Waals surface area contributed by atoms with Crippen molar-refractivity contribution in [2.45, 2.75) is 103 Å². The van der Waals surface area contributed by atoms with Crippen LogP contribution in [-0.2, 0) is 55.7 Å². The van der Waals surface area contributed by atoms with Gasteiger partial charge in [0.15, 0.2) is 11.3 Å². The van der Waals surface area contributed by atoms with Crippen molar-refractivity contribution < 1.29 is 77.3 Å². The Bertz CT molecular complexity index is 2480. The van der Waals surface area contributed by atoms with E-state index in [0.29, 0.717) is 17.2 Å². The van der Waals surface area contributed by atoms with Gasteiger partial charge in [-0.2, -0.15) is 26.3 Å². The van der Waals surface area contributed by atoms with Crippen molar-refractivity contribution in [2.24, 2.45) is 0 Å². The van der Waals surface area contributed by atoms with Crippen LogP contribution in [0, 0.1) is 23.3 Å². The van der Waals surface area contributed by atoms with Gasteiger partial charge in [0.2, 0.25) is 0 Å².